The molecule has 0 aromatic heterocycles. The molecule has 1 unspecified atom stereocenters. The predicted octanol–water partition coefficient (Wildman–Crippen LogP) is 3.66. The van der Waals surface area contributed by atoms with Crippen LogP contribution in [0.2, 0.25) is 0 Å². The highest BCUT2D eigenvalue weighted by molar-refractivity contribution is 7.89. The number of carbonyl (C=O) groups excluding carboxylic acids is 1. The largest absolute Gasteiger partial charge is 0.486 e. The van der Waals surface area contributed by atoms with E-state index in [1.807, 2.05) is 0 Å². The van der Waals surface area contributed by atoms with Crippen molar-refractivity contribution < 1.29 is 40.2 Å². The number of amides is 1. The lowest BCUT2D eigenvalue weighted by Gasteiger charge is -2.25. The molecule has 0 bridgehead atoms. The number of sulfonamides is 1. The topological polar surface area (TPSA) is 84.9 Å². The van der Waals surface area contributed by atoms with Crippen LogP contribution in [-0.2, 0) is 10.0 Å². The third-order valence-electron chi connectivity index (χ3n) is 5.03. The molecule has 33 heavy (non-hydrogen) atoms. The Balaban J connectivity index is 1.95. The molecule has 1 aliphatic rings. The van der Waals surface area contributed by atoms with Crippen molar-refractivity contribution >= 4 is 15.9 Å². The van der Waals surface area contributed by atoms with Crippen LogP contribution >= 0.6 is 0 Å². The smallest absolute Gasteiger partial charge is 0.412 e. The molecule has 0 saturated heterocycles. The Bertz CT molecular complexity index is 1130. The Morgan fingerprint density at radius 2 is 1.70 bits per heavy atom. The van der Waals surface area contributed by atoms with Crippen molar-refractivity contribution in [2.24, 2.45) is 0 Å². The van der Waals surface area contributed by atoms with Crippen LogP contribution in [-0.4, -0.2) is 51.1 Å². The number of nitrogens with zero attached hydrogens (tertiary/aromatic N) is 1. The van der Waals surface area contributed by atoms with E-state index in [2.05, 4.69) is 0 Å². The monoisotopic (exact) mass is 490 g/mol. The number of hydrogen-bond acceptors (Lipinski definition) is 5. The number of alkyl halides is 3. The van der Waals surface area contributed by atoms with Gasteiger partial charge < -0.3 is 14.8 Å². The van der Waals surface area contributed by atoms with Crippen molar-refractivity contribution in [1.29, 1.82) is 0 Å². The number of carbonyl (C=O) groups is 1. The second kappa shape index (κ2) is 9.56. The van der Waals surface area contributed by atoms with E-state index < -0.39 is 44.4 Å². The van der Waals surface area contributed by atoms with E-state index in [9.17, 15) is 30.8 Å². The summed E-state index contributed by atoms with van der Waals surface area (Å²) in [6, 6.07) is 3.42. The Morgan fingerprint density at radius 1 is 1.06 bits per heavy atom. The minimum absolute atomic E-state index is 0.0840. The maximum absolute atomic E-state index is 14.4. The van der Waals surface area contributed by atoms with Gasteiger partial charge in [0.15, 0.2) is 17.5 Å². The third kappa shape index (κ3) is 5.22. The first-order valence-electron chi connectivity index (χ1n) is 10.1. The van der Waals surface area contributed by atoms with Crippen LogP contribution in [0.4, 0.5) is 17.6 Å². The predicted molar refractivity (Wildman–Crippen MR) is 110 cm³/mol. The molecule has 1 atom stereocenters. The summed E-state index contributed by atoms with van der Waals surface area (Å²) in [4.78, 5) is 12.3. The summed E-state index contributed by atoms with van der Waals surface area (Å²) in [6.07, 6.45) is -4.93. The van der Waals surface area contributed by atoms with Crippen molar-refractivity contribution in [3.8, 4) is 11.5 Å². The molecule has 12 heteroatoms. The lowest BCUT2D eigenvalue weighted by Crippen LogP contribution is -2.38. The van der Waals surface area contributed by atoms with E-state index >= 15 is 0 Å². The molecule has 0 aliphatic carbocycles. The maximum Gasteiger partial charge on any atom is 0.412 e. The second-order valence-electron chi connectivity index (χ2n) is 7.08. The van der Waals surface area contributed by atoms with Gasteiger partial charge in [0.2, 0.25) is 10.0 Å². The van der Waals surface area contributed by atoms with Crippen LogP contribution in [0.1, 0.15) is 35.8 Å². The van der Waals surface area contributed by atoms with Gasteiger partial charge >= 0.3 is 6.18 Å². The molecule has 2 aromatic carbocycles. The van der Waals surface area contributed by atoms with Gasteiger partial charge in [-0.25, -0.2) is 12.8 Å². The summed E-state index contributed by atoms with van der Waals surface area (Å²) in [5.74, 6) is -2.23. The molecule has 2 aromatic rings. The number of nitrogens with one attached hydrogen (secondary N) is 1. The minimum Gasteiger partial charge on any atom is -0.486 e. The Labute approximate surface area is 188 Å². The van der Waals surface area contributed by atoms with Crippen molar-refractivity contribution in [2.75, 3.05) is 26.3 Å². The fraction of sp³-hybridized carbons (Fsp3) is 0.381. The van der Waals surface area contributed by atoms with Crippen molar-refractivity contribution in [3.63, 3.8) is 0 Å². The summed E-state index contributed by atoms with van der Waals surface area (Å²) < 4.78 is 92.8. The van der Waals surface area contributed by atoms with E-state index in [1.165, 1.54) is 6.07 Å². The van der Waals surface area contributed by atoms with Gasteiger partial charge in [0.25, 0.3) is 5.91 Å². The lowest BCUT2D eigenvalue weighted by molar-refractivity contribution is -0.155. The van der Waals surface area contributed by atoms with Gasteiger partial charge in [-0.1, -0.05) is 19.9 Å². The Morgan fingerprint density at radius 3 is 2.30 bits per heavy atom. The molecule has 3 rings (SSSR count). The van der Waals surface area contributed by atoms with E-state index in [1.54, 1.807) is 19.2 Å². The molecule has 0 saturated carbocycles. The molecule has 1 amide bonds. The third-order valence-corrected chi connectivity index (χ3v) is 7.07. The molecule has 7 nitrogen and oxygen atoms in total. The molecule has 0 radical (unpaired) electrons. The zero-order valence-electron chi connectivity index (χ0n) is 17.8. The quantitative estimate of drug-likeness (QED) is 0.599. The molecule has 1 N–H and O–H groups in total. The van der Waals surface area contributed by atoms with E-state index in [0.29, 0.717) is 0 Å². The summed E-state index contributed by atoms with van der Waals surface area (Å²) in [7, 11) is -4.06. The number of benzene rings is 2. The van der Waals surface area contributed by atoms with Crippen molar-refractivity contribution in [3.05, 3.63) is 53.3 Å². The first-order valence-corrected chi connectivity index (χ1v) is 11.5. The molecule has 1 heterocycles. The van der Waals surface area contributed by atoms with Gasteiger partial charge in [0.1, 0.15) is 19.0 Å². The number of rotatable bonds is 7. The lowest BCUT2D eigenvalue weighted by atomic mass is 10.0. The zero-order valence-corrected chi connectivity index (χ0v) is 18.6. The van der Waals surface area contributed by atoms with E-state index in [0.717, 1.165) is 34.6 Å². The van der Waals surface area contributed by atoms with Crippen LogP contribution in [0.3, 0.4) is 0 Å². The Hall–Kier alpha value is -2.86. The number of hydrogen-bond donors (Lipinski definition) is 1. The van der Waals surface area contributed by atoms with Crippen LogP contribution in [0.25, 0.3) is 0 Å². The molecule has 0 spiro atoms. The van der Waals surface area contributed by atoms with Crippen LogP contribution in [0, 0.1) is 5.82 Å². The van der Waals surface area contributed by atoms with Gasteiger partial charge in [-0.2, -0.15) is 17.5 Å². The van der Waals surface area contributed by atoms with Gasteiger partial charge in [-0.3, -0.25) is 4.79 Å². The van der Waals surface area contributed by atoms with E-state index in [4.69, 9.17) is 9.47 Å². The average Bonchev–Trinajstić information content (AvgIpc) is 2.77. The average molecular weight is 490 g/mol. The highest BCUT2D eigenvalue weighted by Gasteiger charge is 2.43. The summed E-state index contributed by atoms with van der Waals surface area (Å²) in [6.45, 7) is 3.84. The summed E-state index contributed by atoms with van der Waals surface area (Å²) >= 11 is 0. The number of fused-ring (bicyclic) bond motifs is 1. The molecule has 0 fully saturated rings. The minimum atomic E-state index is -4.93. The van der Waals surface area contributed by atoms with Crippen molar-refractivity contribution in [2.45, 2.75) is 31.0 Å². The first-order chi connectivity index (χ1) is 15.5. The fourth-order valence-electron chi connectivity index (χ4n) is 3.35. The van der Waals surface area contributed by atoms with Gasteiger partial charge in [0, 0.05) is 13.1 Å². The molecular formula is C21H22F4N2O5S. The highest BCUT2D eigenvalue weighted by atomic mass is 32.2. The number of halogens is 4. The second-order valence-corrected chi connectivity index (χ2v) is 9.02. The van der Waals surface area contributed by atoms with E-state index in [-0.39, 0.29) is 43.4 Å². The summed E-state index contributed by atoms with van der Waals surface area (Å²) in [5, 5.41) is 1.76. The first kappa shape index (κ1) is 24.8. The standard InChI is InChI=1S/C21H22F4N2O5S/c1-3-27(4-2)33(29,30)14-6-7-16(22)15(12-14)20(28)26-19(21(23,24)25)13-5-8-17-18(11-13)32-10-9-31-17/h5-8,11-12,19H,3-4,9-10H2,1-2H3,(H,26,28). The van der Waals surface area contributed by atoms with Crippen LogP contribution in [0.5, 0.6) is 11.5 Å². The van der Waals surface area contributed by atoms with Gasteiger partial charge in [0.05, 0.1) is 10.5 Å². The zero-order chi connectivity index (χ0) is 24.4. The molecular weight excluding hydrogens is 468 g/mol. The SMILES string of the molecule is CCN(CC)S(=O)(=O)c1ccc(F)c(C(=O)NC(c2ccc3c(c2)OCCO3)C(F)(F)F)c1. The molecule has 180 valence electrons. The normalized spacial score (nSPS) is 14.8. The number of ether oxygens (including phenoxy) is 2. The van der Waals surface area contributed by atoms with Crippen LogP contribution in [0.15, 0.2) is 41.3 Å². The Kier molecular flexibility index (Phi) is 7.17. The maximum atomic E-state index is 14.4. The van der Waals surface area contributed by atoms with Gasteiger partial charge in [-0.05, 0) is 35.9 Å². The van der Waals surface area contributed by atoms with Gasteiger partial charge in [-0.15, -0.1) is 0 Å². The van der Waals surface area contributed by atoms with Crippen molar-refractivity contribution in [1.82, 2.24) is 9.62 Å². The highest BCUT2D eigenvalue weighted by Crippen LogP contribution is 2.38. The van der Waals surface area contributed by atoms with Crippen LogP contribution < -0.4 is 14.8 Å². The molecule has 1 aliphatic heterocycles. The fourth-order valence-corrected chi connectivity index (χ4v) is 4.84. The summed E-state index contributed by atoms with van der Waals surface area (Å²) in [5.41, 5.74) is -1.18.